The van der Waals surface area contributed by atoms with E-state index in [2.05, 4.69) is 20.1 Å². The summed E-state index contributed by atoms with van der Waals surface area (Å²) in [6.45, 7) is 5.39. The van der Waals surface area contributed by atoms with Crippen LogP contribution >= 0.6 is 0 Å². The second-order valence-electron chi connectivity index (χ2n) is 5.85. The SMILES string of the molecule is Cc1nc(N2CCC(C)(C(=N)N)CC2)cc2n[nH]c(=O)n12. The average Bonchev–Trinajstić information content (AvgIpc) is 2.81. The Balaban J connectivity index is 1.89. The van der Waals surface area contributed by atoms with Crippen LogP contribution in [0.2, 0.25) is 0 Å². The Morgan fingerprint density at radius 2 is 2.14 bits per heavy atom. The Morgan fingerprint density at radius 3 is 2.76 bits per heavy atom. The molecule has 8 nitrogen and oxygen atoms in total. The van der Waals surface area contributed by atoms with Crippen LogP contribution in [0, 0.1) is 17.7 Å². The minimum absolute atomic E-state index is 0.223. The molecule has 112 valence electrons. The predicted octanol–water partition coefficient (Wildman–Crippen LogP) is 0.268. The van der Waals surface area contributed by atoms with Gasteiger partial charge in [-0.2, -0.15) is 5.10 Å². The van der Waals surface area contributed by atoms with E-state index in [-0.39, 0.29) is 16.9 Å². The molecule has 0 atom stereocenters. The Bertz CT molecular complexity index is 751. The molecule has 0 bridgehead atoms. The van der Waals surface area contributed by atoms with Gasteiger partial charge in [0.2, 0.25) is 0 Å². The van der Waals surface area contributed by atoms with Crippen molar-refractivity contribution in [3.8, 4) is 0 Å². The maximum absolute atomic E-state index is 11.6. The smallest absolute Gasteiger partial charge is 0.349 e. The Morgan fingerprint density at radius 1 is 1.48 bits per heavy atom. The first-order valence-corrected chi connectivity index (χ1v) is 6.95. The fourth-order valence-electron chi connectivity index (χ4n) is 2.74. The summed E-state index contributed by atoms with van der Waals surface area (Å²) in [6.07, 6.45) is 1.64. The molecule has 3 rings (SSSR count). The normalized spacial score (nSPS) is 18.1. The minimum Gasteiger partial charge on any atom is -0.387 e. The van der Waals surface area contributed by atoms with Gasteiger partial charge in [-0.3, -0.25) is 5.41 Å². The van der Waals surface area contributed by atoms with Crippen molar-refractivity contribution in [2.45, 2.75) is 26.7 Å². The first-order chi connectivity index (χ1) is 9.90. The molecule has 2 aromatic heterocycles. The Labute approximate surface area is 121 Å². The molecule has 0 aromatic carbocycles. The highest BCUT2D eigenvalue weighted by Gasteiger charge is 2.33. The van der Waals surface area contributed by atoms with Gasteiger partial charge < -0.3 is 10.6 Å². The van der Waals surface area contributed by atoms with Crippen molar-refractivity contribution in [3.63, 3.8) is 0 Å². The summed E-state index contributed by atoms with van der Waals surface area (Å²) in [4.78, 5) is 18.2. The molecule has 0 amide bonds. The number of hydrogen-bond donors (Lipinski definition) is 3. The molecule has 1 aliphatic heterocycles. The van der Waals surface area contributed by atoms with Gasteiger partial charge in [0.05, 0.1) is 5.84 Å². The molecular formula is C13H19N7O. The van der Waals surface area contributed by atoms with Crippen molar-refractivity contribution in [1.29, 1.82) is 5.41 Å². The van der Waals surface area contributed by atoms with Gasteiger partial charge in [-0.15, -0.1) is 0 Å². The van der Waals surface area contributed by atoms with E-state index in [1.54, 1.807) is 13.0 Å². The van der Waals surface area contributed by atoms with Gasteiger partial charge in [0.15, 0.2) is 5.65 Å². The fraction of sp³-hybridized carbons (Fsp3) is 0.538. The van der Waals surface area contributed by atoms with Gasteiger partial charge in [0, 0.05) is 24.6 Å². The molecule has 0 saturated carbocycles. The van der Waals surface area contributed by atoms with Crippen LogP contribution in [0.5, 0.6) is 0 Å². The molecule has 8 heteroatoms. The lowest BCUT2D eigenvalue weighted by Crippen LogP contribution is -2.45. The Kier molecular flexibility index (Phi) is 2.96. The number of aryl methyl sites for hydroxylation is 1. The zero-order valence-corrected chi connectivity index (χ0v) is 12.2. The number of nitrogens with zero attached hydrogens (tertiary/aromatic N) is 4. The second-order valence-corrected chi connectivity index (χ2v) is 5.85. The summed E-state index contributed by atoms with van der Waals surface area (Å²) in [5, 5.41) is 14.1. The highest BCUT2D eigenvalue weighted by atomic mass is 16.1. The summed E-state index contributed by atoms with van der Waals surface area (Å²) in [7, 11) is 0. The second kappa shape index (κ2) is 4.57. The van der Waals surface area contributed by atoms with Gasteiger partial charge >= 0.3 is 5.69 Å². The maximum Gasteiger partial charge on any atom is 0.349 e. The summed E-state index contributed by atoms with van der Waals surface area (Å²) in [5.41, 5.74) is 5.76. The van der Waals surface area contributed by atoms with Crippen molar-refractivity contribution < 1.29 is 0 Å². The number of nitrogens with two attached hydrogens (primary N) is 1. The summed E-state index contributed by atoms with van der Waals surface area (Å²) < 4.78 is 1.45. The monoisotopic (exact) mass is 289 g/mol. The third kappa shape index (κ3) is 2.16. The van der Waals surface area contributed by atoms with Crippen LogP contribution in [0.25, 0.3) is 5.65 Å². The van der Waals surface area contributed by atoms with Crippen LogP contribution in [0.1, 0.15) is 25.6 Å². The lowest BCUT2D eigenvalue weighted by atomic mass is 9.79. The quantitative estimate of drug-likeness (QED) is 0.542. The molecular weight excluding hydrogens is 270 g/mol. The molecule has 3 heterocycles. The summed E-state index contributed by atoms with van der Waals surface area (Å²) in [6, 6.07) is 1.81. The van der Waals surface area contributed by atoms with E-state index in [4.69, 9.17) is 11.1 Å². The van der Waals surface area contributed by atoms with E-state index in [0.29, 0.717) is 11.5 Å². The number of nitrogens with one attached hydrogen (secondary N) is 2. The van der Waals surface area contributed by atoms with Gasteiger partial charge in [0.1, 0.15) is 11.6 Å². The molecule has 1 fully saturated rings. The van der Waals surface area contributed by atoms with Crippen LogP contribution in [-0.2, 0) is 0 Å². The molecule has 1 aliphatic rings. The van der Waals surface area contributed by atoms with E-state index in [1.165, 1.54) is 4.40 Å². The van der Waals surface area contributed by atoms with Gasteiger partial charge in [-0.05, 0) is 19.8 Å². The third-order valence-electron chi connectivity index (χ3n) is 4.40. The third-order valence-corrected chi connectivity index (χ3v) is 4.40. The van der Waals surface area contributed by atoms with E-state index in [1.807, 2.05) is 6.92 Å². The number of aromatic nitrogens is 4. The lowest BCUT2D eigenvalue weighted by molar-refractivity contribution is 0.350. The van der Waals surface area contributed by atoms with Gasteiger partial charge in [0.25, 0.3) is 0 Å². The predicted molar refractivity (Wildman–Crippen MR) is 79.8 cm³/mol. The number of rotatable bonds is 2. The number of amidine groups is 1. The Hall–Kier alpha value is -2.38. The zero-order valence-electron chi connectivity index (χ0n) is 12.2. The average molecular weight is 289 g/mol. The minimum atomic E-state index is -0.274. The van der Waals surface area contributed by atoms with Gasteiger partial charge in [-0.1, -0.05) is 6.92 Å². The van der Waals surface area contributed by atoms with Gasteiger partial charge in [-0.25, -0.2) is 19.3 Å². The number of fused-ring (bicyclic) bond motifs is 1. The van der Waals surface area contributed by atoms with Crippen LogP contribution in [0.15, 0.2) is 10.9 Å². The number of H-pyrrole nitrogens is 1. The van der Waals surface area contributed by atoms with E-state index in [9.17, 15) is 4.79 Å². The molecule has 0 unspecified atom stereocenters. The molecule has 2 aromatic rings. The zero-order chi connectivity index (χ0) is 15.2. The van der Waals surface area contributed by atoms with Crippen LogP contribution in [0.3, 0.4) is 0 Å². The van der Waals surface area contributed by atoms with Crippen molar-refractivity contribution in [1.82, 2.24) is 19.6 Å². The van der Waals surface area contributed by atoms with Crippen molar-refractivity contribution in [3.05, 3.63) is 22.4 Å². The maximum atomic E-state index is 11.6. The van der Waals surface area contributed by atoms with Crippen molar-refractivity contribution in [2.24, 2.45) is 11.1 Å². The molecule has 21 heavy (non-hydrogen) atoms. The number of hydrogen-bond acceptors (Lipinski definition) is 5. The number of aromatic amines is 1. The highest BCUT2D eigenvalue weighted by molar-refractivity contribution is 5.83. The topological polar surface area (TPSA) is 116 Å². The van der Waals surface area contributed by atoms with E-state index in [0.717, 1.165) is 31.7 Å². The van der Waals surface area contributed by atoms with Crippen LogP contribution in [-0.4, -0.2) is 38.5 Å². The standard InChI is InChI=1S/C13H19N7O/c1-8-16-9(7-10-17-18-12(21)20(8)10)19-5-3-13(2,4-6-19)11(14)15/h7H,3-6H2,1-2H3,(H3,14,15)(H,18,21). The largest absolute Gasteiger partial charge is 0.387 e. The first kappa shape index (κ1) is 13.6. The first-order valence-electron chi connectivity index (χ1n) is 6.95. The molecule has 4 N–H and O–H groups in total. The van der Waals surface area contributed by atoms with Crippen molar-refractivity contribution in [2.75, 3.05) is 18.0 Å². The number of piperidine rings is 1. The van der Waals surface area contributed by atoms with E-state index < -0.39 is 0 Å². The molecule has 0 spiro atoms. The fourth-order valence-corrected chi connectivity index (χ4v) is 2.74. The highest BCUT2D eigenvalue weighted by Crippen LogP contribution is 2.32. The van der Waals surface area contributed by atoms with Crippen LogP contribution < -0.4 is 16.3 Å². The molecule has 0 aliphatic carbocycles. The van der Waals surface area contributed by atoms with Crippen molar-refractivity contribution >= 4 is 17.3 Å². The summed E-state index contributed by atoms with van der Waals surface area (Å²) >= 11 is 0. The van der Waals surface area contributed by atoms with E-state index >= 15 is 0 Å². The number of anilines is 1. The molecule has 1 saturated heterocycles. The molecule has 0 radical (unpaired) electrons. The summed E-state index contributed by atoms with van der Waals surface area (Å²) in [5.74, 6) is 1.67. The van der Waals surface area contributed by atoms with Crippen LogP contribution in [0.4, 0.5) is 5.82 Å². The lowest BCUT2D eigenvalue weighted by Gasteiger charge is -2.39.